The van der Waals surface area contributed by atoms with Gasteiger partial charge < -0.3 is 15.4 Å². The van der Waals surface area contributed by atoms with Crippen molar-refractivity contribution in [1.82, 2.24) is 16.0 Å². The lowest BCUT2D eigenvalue weighted by Crippen LogP contribution is -2.51. The monoisotopic (exact) mass is 347 g/mol. The summed E-state index contributed by atoms with van der Waals surface area (Å²) in [6.07, 6.45) is 2.36. The van der Waals surface area contributed by atoms with E-state index in [9.17, 15) is 9.59 Å². The number of hydrogen-bond donors (Lipinski definition) is 3. The molecule has 4 atom stereocenters. The Labute approximate surface area is 149 Å². The molecule has 0 radical (unpaired) electrons. The molecular formula is C19H29N3O3. The molecule has 6 nitrogen and oxygen atoms in total. The first-order chi connectivity index (χ1) is 12.1. The number of hydrogen-bond acceptors (Lipinski definition) is 5. The van der Waals surface area contributed by atoms with Crippen LogP contribution >= 0.6 is 0 Å². The van der Waals surface area contributed by atoms with Crippen molar-refractivity contribution in [2.24, 2.45) is 5.92 Å². The van der Waals surface area contributed by atoms with Crippen LogP contribution in [-0.2, 0) is 20.7 Å². The Bertz CT molecular complexity index is 558. The second-order valence-corrected chi connectivity index (χ2v) is 6.58. The number of imide groups is 1. The third-order valence-electron chi connectivity index (χ3n) is 4.87. The van der Waals surface area contributed by atoms with Crippen LogP contribution in [0, 0.1) is 5.92 Å². The third kappa shape index (κ3) is 5.36. The molecular weight excluding hydrogens is 318 g/mol. The summed E-state index contributed by atoms with van der Waals surface area (Å²) in [5, 5.41) is 8.89. The number of carbonyl (C=O) groups excluding carboxylic acids is 2. The zero-order chi connectivity index (χ0) is 18.2. The molecule has 1 aromatic rings. The van der Waals surface area contributed by atoms with Gasteiger partial charge in [0.05, 0.1) is 18.1 Å². The number of benzene rings is 1. The maximum Gasteiger partial charge on any atom is 0.244 e. The number of nitrogens with one attached hydrogen (secondary N) is 3. The van der Waals surface area contributed by atoms with E-state index in [0.29, 0.717) is 6.42 Å². The highest BCUT2D eigenvalue weighted by molar-refractivity contribution is 5.98. The summed E-state index contributed by atoms with van der Waals surface area (Å²) >= 11 is 0. The van der Waals surface area contributed by atoms with Gasteiger partial charge in [-0.25, -0.2) is 0 Å². The summed E-state index contributed by atoms with van der Waals surface area (Å²) in [6.45, 7) is 2.75. The Morgan fingerprint density at radius 2 is 2.00 bits per heavy atom. The van der Waals surface area contributed by atoms with Crippen LogP contribution in [0.4, 0.5) is 0 Å². The molecule has 0 aromatic heterocycles. The number of methoxy groups -OCH3 is 1. The molecule has 0 spiro atoms. The predicted molar refractivity (Wildman–Crippen MR) is 97.1 cm³/mol. The molecule has 1 fully saturated rings. The quantitative estimate of drug-likeness (QED) is 0.650. The lowest BCUT2D eigenvalue weighted by molar-refractivity contribution is -0.136. The largest absolute Gasteiger partial charge is 0.379 e. The van der Waals surface area contributed by atoms with Gasteiger partial charge in [0, 0.05) is 13.2 Å². The molecule has 2 amide bonds. The molecule has 1 aliphatic heterocycles. The van der Waals surface area contributed by atoms with Gasteiger partial charge >= 0.3 is 0 Å². The lowest BCUT2D eigenvalue weighted by atomic mass is 9.95. The van der Waals surface area contributed by atoms with Gasteiger partial charge in [-0.05, 0) is 38.4 Å². The average molecular weight is 347 g/mol. The topological polar surface area (TPSA) is 79.5 Å². The van der Waals surface area contributed by atoms with Gasteiger partial charge in [-0.15, -0.1) is 0 Å². The Morgan fingerprint density at radius 1 is 1.28 bits per heavy atom. The van der Waals surface area contributed by atoms with Gasteiger partial charge in [-0.3, -0.25) is 14.9 Å². The molecule has 1 saturated heterocycles. The number of rotatable bonds is 8. The molecule has 6 heteroatoms. The van der Waals surface area contributed by atoms with E-state index in [1.807, 2.05) is 37.3 Å². The Hall–Kier alpha value is -1.76. The van der Waals surface area contributed by atoms with Gasteiger partial charge in [0.1, 0.15) is 0 Å². The van der Waals surface area contributed by atoms with Crippen LogP contribution in [0.1, 0.15) is 25.3 Å². The van der Waals surface area contributed by atoms with Crippen LogP contribution < -0.4 is 16.0 Å². The second-order valence-electron chi connectivity index (χ2n) is 6.58. The van der Waals surface area contributed by atoms with E-state index in [-0.39, 0.29) is 24.0 Å². The fourth-order valence-electron chi connectivity index (χ4n) is 3.36. The van der Waals surface area contributed by atoms with Crippen molar-refractivity contribution in [2.45, 2.75) is 44.4 Å². The van der Waals surface area contributed by atoms with Gasteiger partial charge in [0.15, 0.2) is 0 Å². The maximum atomic E-state index is 12.5. The van der Waals surface area contributed by atoms with Crippen molar-refractivity contribution >= 4 is 11.8 Å². The number of carbonyl (C=O) groups is 2. The minimum absolute atomic E-state index is 0.158. The predicted octanol–water partition coefficient (Wildman–Crippen LogP) is 0.863. The van der Waals surface area contributed by atoms with Crippen molar-refractivity contribution in [3.05, 3.63) is 35.9 Å². The molecule has 0 aliphatic carbocycles. The van der Waals surface area contributed by atoms with E-state index < -0.39 is 12.0 Å². The standard InChI is InChI=1S/C19H29N3O3/c1-13(17(25-3)15-10-7-11-21-15)18(23)22-19(24)16(20-2)12-14-8-5-4-6-9-14/h4-6,8-9,13,15-17,20-21H,7,10-12H2,1-3H3,(H,22,23,24)/t13-,15+,16+,17-/m1/s1. The van der Waals surface area contributed by atoms with Crippen LogP contribution in [0.15, 0.2) is 30.3 Å². The molecule has 1 aromatic carbocycles. The van der Waals surface area contributed by atoms with Crippen molar-refractivity contribution in [1.29, 1.82) is 0 Å². The fraction of sp³-hybridized carbons (Fsp3) is 0.579. The number of likely N-dealkylation sites (N-methyl/N-ethyl adjacent to an activating group) is 1. The highest BCUT2D eigenvalue weighted by Crippen LogP contribution is 2.19. The van der Waals surface area contributed by atoms with Crippen molar-refractivity contribution in [3.8, 4) is 0 Å². The van der Waals surface area contributed by atoms with E-state index in [1.54, 1.807) is 14.2 Å². The molecule has 25 heavy (non-hydrogen) atoms. The van der Waals surface area contributed by atoms with Crippen molar-refractivity contribution in [3.63, 3.8) is 0 Å². The Kier molecular flexibility index (Phi) is 7.55. The Balaban J connectivity index is 1.93. The summed E-state index contributed by atoms with van der Waals surface area (Å²) in [4.78, 5) is 25.0. The minimum atomic E-state index is -0.454. The molecule has 138 valence electrons. The summed E-state index contributed by atoms with van der Waals surface area (Å²) in [6, 6.07) is 9.44. The summed E-state index contributed by atoms with van der Waals surface area (Å²) in [5.41, 5.74) is 1.04. The van der Waals surface area contributed by atoms with Gasteiger partial charge in [0.25, 0.3) is 0 Å². The first-order valence-electron chi connectivity index (χ1n) is 8.89. The Morgan fingerprint density at radius 3 is 2.56 bits per heavy atom. The zero-order valence-corrected chi connectivity index (χ0v) is 15.2. The van der Waals surface area contributed by atoms with E-state index in [2.05, 4.69) is 16.0 Å². The van der Waals surface area contributed by atoms with Crippen molar-refractivity contribution in [2.75, 3.05) is 20.7 Å². The minimum Gasteiger partial charge on any atom is -0.379 e. The van der Waals surface area contributed by atoms with Gasteiger partial charge in [-0.2, -0.15) is 0 Å². The van der Waals surface area contributed by atoms with E-state index in [4.69, 9.17) is 4.74 Å². The van der Waals surface area contributed by atoms with Crippen LogP contribution in [-0.4, -0.2) is 50.7 Å². The van der Waals surface area contributed by atoms with Crippen LogP contribution in [0.25, 0.3) is 0 Å². The van der Waals surface area contributed by atoms with Gasteiger partial charge in [0.2, 0.25) is 11.8 Å². The molecule has 1 heterocycles. The van der Waals surface area contributed by atoms with Crippen LogP contribution in [0.2, 0.25) is 0 Å². The van der Waals surface area contributed by atoms with E-state index >= 15 is 0 Å². The SMILES string of the molecule is CN[C@@H](Cc1ccccc1)C(=O)NC(=O)[C@H](C)[C@@H](OC)[C@@H]1CCCN1. The number of amides is 2. The highest BCUT2D eigenvalue weighted by atomic mass is 16.5. The summed E-state index contributed by atoms with van der Waals surface area (Å²) < 4.78 is 5.53. The third-order valence-corrected chi connectivity index (χ3v) is 4.87. The summed E-state index contributed by atoms with van der Waals surface area (Å²) in [5.74, 6) is -1.00. The van der Waals surface area contributed by atoms with Crippen molar-refractivity contribution < 1.29 is 14.3 Å². The first kappa shape index (κ1) is 19.6. The van der Waals surface area contributed by atoms with Gasteiger partial charge in [-0.1, -0.05) is 37.3 Å². The molecule has 0 saturated carbocycles. The summed E-state index contributed by atoms with van der Waals surface area (Å²) in [7, 11) is 3.34. The average Bonchev–Trinajstić information content (AvgIpc) is 3.15. The smallest absolute Gasteiger partial charge is 0.244 e. The molecule has 0 bridgehead atoms. The number of ether oxygens (including phenoxy) is 1. The van der Waals surface area contributed by atoms with E-state index in [0.717, 1.165) is 24.9 Å². The molecule has 2 rings (SSSR count). The van der Waals surface area contributed by atoms with Crippen LogP contribution in [0.5, 0.6) is 0 Å². The van der Waals surface area contributed by atoms with Crippen LogP contribution in [0.3, 0.4) is 0 Å². The normalized spacial score (nSPS) is 20.7. The fourth-order valence-corrected chi connectivity index (χ4v) is 3.36. The van der Waals surface area contributed by atoms with E-state index in [1.165, 1.54) is 0 Å². The second kappa shape index (κ2) is 9.65. The molecule has 3 N–H and O–H groups in total. The molecule has 1 aliphatic rings. The maximum absolute atomic E-state index is 12.5. The lowest BCUT2D eigenvalue weighted by Gasteiger charge is -2.27. The molecule has 0 unspecified atom stereocenters. The first-order valence-corrected chi connectivity index (χ1v) is 8.89. The zero-order valence-electron chi connectivity index (χ0n) is 15.2. The highest BCUT2D eigenvalue weighted by Gasteiger charge is 2.34.